The van der Waals surface area contributed by atoms with Gasteiger partial charge in [0.2, 0.25) is 5.91 Å². The largest absolute Gasteiger partial charge is 0.338 e. The van der Waals surface area contributed by atoms with Gasteiger partial charge in [-0.25, -0.2) is 0 Å². The fourth-order valence-electron chi connectivity index (χ4n) is 3.21. The van der Waals surface area contributed by atoms with E-state index in [0.717, 1.165) is 24.9 Å². The first-order valence-corrected chi connectivity index (χ1v) is 8.91. The molecule has 2 aromatic carbocycles. The molecule has 1 fully saturated rings. The molecule has 25 heavy (non-hydrogen) atoms. The Kier molecular flexibility index (Phi) is 5.49. The van der Waals surface area contributed by atoms with Gasteiger partial charge in [0, 0.05) is 24.3 Å². The van der Waals surface area contributed by atoms with Gasteiger partial charge in [0.1, 0.15) is 0 Å². The van der Waals surface area contributed by atoms with Gasteiger partial charge in [-0.1, -0.05) is 37.3 Å². The molecule has 1 atom stereocenters. The number of benzene rings is 2. The molecule has 1 heterocycles. The second kappa shape index (κ2) is 7.97. The molecule has 0 bridgehead atoms. The van der Waals surface area contributed by atoms with E-state index in [1.54, 1.807) is 4.90 Å². The van der Waals surface area contributed by atoms with Crippen LogP contribution in [0.4, 0.5) is 5.69 Å². The zero-order valence-electron chi connectivity index (χ0n) is 14.6. The van der Waals surface area contributed by atoms with Gasteiger partial charge in [0.25, 0.3) is 5.91 Å². The average Bonchev–Trinajstić information content (AvgIpc) is 2.68. The summed E-state index contributed by atoms with van der Waals surface area (Å²) in [6.07, 6.45) is 2.63. The molecule has 3 rings (SSSR count). The van der Waals surface area contributed by atoms with Crippen molar-refractivity contribution < 1.29 is 9.59 Å². The molecule has 0 aliphatic carbocycles. The topological polar surface area (TPSA) is 49.4 Å². The summed E-state index contributed by atoms with van der Waals surface area (Å²) in [4.78, 5) is 27.0. The van der Waals surface area contributed by atoms with Crippen molar-refractivity contribution in [2.75, 3.05) is 18.4 Å². The molecule has 0 saturated carbocycles. The molecule has 130 valence electrons. The maximum absolute atomic E-state index is 12.7. The number of carbonyl (C=O) groups is 2. The lowest BCUT2D eigenvalue weighted by Gasteiger charge is -2.32. The van der Waals surface area contributed by atoms with Crippen molar-refractivity contribution in [3.05, 3.63) is 65.7 Å². The van der Waals surface area contributed by atoms with Gasteiger partial charge in [0.15, 0.2) is 0 Å². The maximum Gasteiger partial charge on any atom is 0.253 e. The predicted molar refractivity (Wildman–Crippen MR) is 99.5 cm³/mol. The van der Waals surface area contributed by atoms with E-state index >= 15 is 0 Å². The Morgan fingerprint density at radius 1 is 1.08 bits per heavy atom. The van der Waals surface area contributed by atoms with E-state index in [4.69, 9.17) is 0 Å². The first-order valence-electron chi connectivity index (χ1n) is 8.91. The van der Waals surface area contributed by atoms with E-state index in [1.165, 1.54) is 5.56 Å². The van der Waals surface area contributed by atoms with Crippen molar-refractivity contribution >= 4 is 17.5 Å². The number of para-hydroxylation sites is 1. The molecular formula is C21H24N2O2. The van der Waals surface area contributed by atoms with E-state index in [1.807, 2.05) is 54.6 Å². The van der Waals surface area contributed by atoms with E-state index in [0.29, 0.717) is 18.7 Å². The number of hydrogen-bond acceptors (Lipinski definition) is 2. The minimum atomic E-state index is -0.159. The predicted octanol–water partition coefficient (Wildman–Crippen LogP) is 3.74. The number of likely N-dealkylation sites (tertiary alicyclic amines) is 1. The summed E-state index contributed by atoms with van der Waals surface area (Å²) in [6.45, 7) is 3.29. The summed E-state index contributed by atoms with van der Waals surface area (Å²) in [5, 5.41) is 2.95. The third kappa shape index (κ3) is 4.27. The number of nitrogens with one attached hydrogen (secondary N) is 1. The maximum atomic E-state index is 12.7. The summed E-state index contributed by atoms with van der Waals surface area (Å²) in [5.74, 6) is -0.155. The summed E-state index contributed by atoms with van der Waals surface area (Å²) >= 11 is 0. The molecule has 0 aromatic heterocycles. The molecule has 0 radical (unpaired) electrons. The highest BCUT2D eigenvalue weighted by atomic mass is 16.2. The molecule has 4 nitrogen and oxygen atoms in total. The molecule has 1 saturated heterocycles. The molecule has 0 spiro atoms. The van der Waals surface area contributed by atoms with Crippen LogP contribution < -0.4 is 5.32 Å². The van der Waals surface area contributed by atoms with Gasteiger partial charge in [-0.2, -0.15) is 0 Å². The van der Waals surface area contributed by atoms with Crippen LogP contribution in [0.15, 0.2) is 54.6 Å². The van der Waals surface area contributed by atoms with E-state index < -0.39 is 0 Å². The summed E-state index contributed by atoms with van der Waals surface area (Å²) in [5.41, 5.74) is 2.71. The van der Waals surface area contributed by atoms with Gasteiger partial charge in [-0.3, -0.25) is 9.59 Å². The number of amides is 2. The van der Waals surface area contributed by atoms with Crippen molar-refractivity contribution in [2.45, 2.75) is 26.2 Å². The quantitative estimate of drug-likeness (QED) is 0.924. The van der Waals surface area contributed by atoms with Gasteiger partial charge in [0.05, 0.1) is 5.92 Å². The van der Waals surface area contributed by atoms with Crippen LogP contribution in [0, 0.1) is 5.92 Å². The van der Waals surface area contributed by atoms with Crippen LogP contribution in [0.5, 0.6) is 0 Å². The van der Waals surface area contributed by atoms with Crippen molar-refractivity contribution in [1.29, 1.82) is 0 Å². The Bertz CT molecular complexity index is 725. The third-order valence-corrected chi connectivity index (χ3v) is 4.73. The lowest BCUT2D eigenvalue weighted by molar-refractivity contribution is -0.121. The Labute approximate surface area is 148 Å². The molecule has 1 aliphatic heterocycles. The number of piperidine rings is 1. The minimum Gasteiger partial charge on any atom is -0.338 e. The summed E-state index contributed by atoms with van der Waals surface area (Å²) in [6, 6.07) is 17.2. The monoisotopic (exact) mass is 336 g/mol. The van der Waals surface area contributed by atoms with E-state index in [-0.39, 0.29) is 17.7 Å². The molecule has 0 unspecified atom stereocenters. The highest BCUT2D eigenvalue weighted by molar-refractivity contribution is 5.96. The second-order valence-electron chi connectivity index (χ2n) is 6.50. The molecule has 2 aromatic rings. The van der Waals surface area contributed by atoms with Crippen LogP contribution in [-0.2, 0) is 11.2 Å². The number of anilines is 1. The Hall–Kier alpha value is -2.62. The fraction of sp³-hybridized carbons (Fsp3) is 0.333. The van der Waals surface area contributed by atoms with Crippen LogP contribution in [0.25, 0.3) is 0 Å². The lowest BCUT2D eigenvalue weighted by Crippen LogP contribution is -2.43. The van der Waals surface area contributed by atoms with Gasteiger partial charge >= 0.3 is 0 Å². The molecule has 1 N–H and O–H groups in total. The lowest BCUT2D eigenvalue weighted by atomic mass is 9.96. The van der Waals surface area contributed by atoms with Crippen molar-refractivity contribution in [1.82, 2.24) is 4.90 Å². The van der Waals surface area contributed by atoms with Crippen LogP contribution in [0.3, 0.4) is 0 Å². The van der Waals surface area contributed by atoms with Crippen molar-refractivity contribution in [3.8, 4) is 0 Å². The SMILES string of the molecule is CCc1ccc(C(=O)N2CCC[C@@H](C(=O)Nc3ccccc3)C2)cc1. The minimum absolute atomic E-state index is 0.00923. The number of rotatable bonds is 4. The highest BCUT2D eigenvalue weighted by Gasteiger charge is 2.28. The van der Waals surface area contributed by atoms with Crippen molar-refractivity contribution in [3.63, 3.8) is 0 Å². The van der Waals surface area contributed by atoms with Crippen molar-refractivity contribution in [2.24, 2.45) is 5.92 Å². The molecule has 2 amide bonds. The van der Waals surface area contributed by atoms with E-state index in [2.05, 4.69) is 12.2 Å². The summed E-state index contributed by atoms with van der Waals surface area (Å²) < 4.78 is 0. The highest BCUT2D eigenvalue weighted by Crippen LogP contribution is 2.21. The number of hydrogen-bond donors (Lipinski definition) is 1. The third-order valence-electron chi connectivity index (χ3n) is 4.73. The van der Waals surface area contributed by atoms with Crippen LogP contribution >= 0.6 is 0 Å². The zero-order valence-corrected chi connectivity index (χ0v) is 14.6. The van der Waals surface area contributed by atoms with Gasteiger partial charge in [-0.15, -0.1) is 0 Å². The van der Waals surface area contributed by atoms with Crippen LogP contribution in [0.2, 0.25) is 0 Å². The van der Waals surface area contributed by atoms with Crippen LogP contribution in [-0.4, -0.2) is 29.8 Å². The van der Waals surface area contributed by atoms with Gasteiger partial charge < -0.3 is 10.2 Å². The summed E-state index contributed by atoms with van der Waals surface area (Å²) in [7, 11) is 0. The number of aryl methyl sites for hydroxylation is 1. The normalized spacial score (nSPS) is 17.2. The second-order valence-corrected chi connectivity index (χ2v) is 6.50. The smallest absolute Gasteiger partial charge is 0.253 e. The Morgan fingerprint density at radius 2 is 1.80 bits per heavy atom. The fourth-order valence-corrected chi connectivity index (χ4v) is 3.21. The van der Waals surface area contributed by atoms with Gasteiger partial charge in [-0.05, 0) is 49.1 Å². The Morgan fingerprint density at radius 3 is 2.48 bits per heavy atom. The standard InChI is InChI=1S/C21H24N2O2/c1-2-16-10-12-17(13-11-16)21(25)23-14-6-7-18(15-23)20(24)22-19-8-4-3-5-9-19/h3-5,8-13,18H,2,6-7,14-15H2,1H3,(H,22,24)/t18-/m1/s1. The molecular weight excluding hydrogens is 312 g/mol. The first kappa shape index (κ1) is 17.2. The number of carbonyl (C=O) groups excluding carboxylic acids is 2. The molecule has 1 aliphatic rings. The molecule has 4 heteroatoms. The van der Waals surface area contributed by atoms with E-state index in [9.17, 15) is 9.59 Å². The Balaban J connectivity index is 1.63. The zero-order chi connectivity index (χ0) is 17.6. The number of nitrogens with zero attached hydrogens (tertiary/aromatic N) is 1. The first-order chi connectivity index (χ1) is 12.2. The van der Waals surface area contributed by atoms with Crippen LogP contribution in [0.1, 0.15) is 35.7 Å². The average molecular weight is 336 g/mol.